The van der Waals surface area contributed by atoms with Crippen LogP contribution in [-0.4, -0.2) is 36.7 Å². The molecule has 0 spiro atoms. The van der Waals surface area contributed by atoms with E-state index >= 15 is 0 Å². The van der Waals surface area contributed by atoms with Gasteiger partial charge in [0.2, 0.25) is 0 Å². The van der Waals surface area contributed by atoms with Crippen LogP contribution in [0.3, 0.4) is 0 Å². The molecule has 0 saturated heterocycles. The van der Waals surface area contributed by atoms with Gasteiger partial charge in [0, 0.05) is 18.4 Å². The molecule has 0 unspecified atom stereocenters. The highest BCUT2D eigenvalue weighted by atomic mass is 32.2. The van der Waals surface area contributed by atoms with Crippen molar-refractivity contribution in [1.29, 1.82) is 0 Å². The Labute approximate surface area is 166 Å². The molecule has 27 heavy (non-hydrogen) atoms. The molecule has 0 aliphatic rings. The molecular formula is C20H22N2O3S2. The minimum atomic E-state index is -0.156. The van der Waals surface area contributed by atoms with Crippen molar-refractivity contribution in [3.63, 3.8) is 0 Å². The molecule has 7 heteroatoms. The third kappa shape index (κ3) is 4.73. The topological polar surface area (TPSA) is 52.8 Å². The van der Waals surface area contributed by atoms with Gasteiger partial charge in [0.1, 0.15) is 11.5 Å². The summed E-state index contributed by atoms with van der Waals surface area (Å²) in [6.45, 7) is 0.795. The molecule has 0 fully saturated rings. The van der Waals surface area contributed by atoms with Crippen molar-refractivity contribution >= 4 is 39.2 Å². The summed E-state index contributed by atoms with van der Waals surface area (Å²) in [6, 6.07) is 13.4. The number of hydrogen-bond acceptors (Lipinski definition) is 5. The normalized spacial score (nSPS) is 11.7. The maximum absolute atomic E-state index is 12.5. The van der Waals surface area contributed by atoms with Gasteiger partial charge in [-0.2, -0.15) is 16.8 Å². The quantitative estimate of drug-likeness (QED) is 0.604. The molecule has 3 rings (SSSR count). The monoisotopic (exact) mass is 402 g/mol. The van der Waals surface area contributed by atoms with Gasteiger partial charge in [-0.3, -0.25) is 4.79 Å². The number of ether oxygens (including phenoxy) is 2. The second kappa shape index (κ2) is 9.10. The predicted molar refractivity (Wildman–Crippen MR) is 112 cm³/mol. The van der Waals surface area contributed by atoms with E-state index in [1.54, 1.807) is 26.0 Å². The number of aryl methyl sites for hydroxylation is 1. The number of methoxy groups -OCH3 is 2. The summed E-state index contributed by atoms with van der Waals surface area (Å²) in [5.41, 5.74) is 1.97. The minimum absolute atomic E-state index is 0.156. The summed E-state index contributed by atoms with van der Waals surface area (Å²) in [7, 11) is 3.28. The van der Waals surface area contributed by atoms with Crippen molar-refractivity contribution in [2.24, 2.45) is 4.99 Å². The molecule has 0 aliphatic heterocycles. The predicted octanol–water partition coefficient (Wildman–Crippen LogP) is 3.75. The number of carbonyl (C=O) groups is 1. The van der Waals surface area contributed by atoms with Crippen LogP contribution in [0, 0.1) is 0 Å². The molecule has 5 nitrogen and oxygen atoms in total. The first kappa shape index (κ1) is 19.5. The number of thioether (sulfide) groups is 1. The van der Waals surface area contributed by atoms with Crippen molar-refractivity contribution < 1.29 is 14.3 Å². The second-order valence-corrected chi connectivity index (χ2v) is 7.89. The molecule has 0 N–H and O–H groups in total. The van der Waals surface area contributed by atoms with Crippen LogP contribution in [0.4, 0.5) is 0 Å². The summed E-state index contributed by atoms with van der Waals surface area (Å²) in [6.07, 6.45) is 2.34. The number of hydrogen-bond donors (Lipinski definition) is 0. The van der Waals surface area contributed by atoms with Crippen molar-refractivity contribution in [3.05, 3.63) is 52.8 Å². The zero-order valence-electron chi connectivity index (χ0n) is 15.6. The Balaban J connectivity index is 1.93. The molecule has 3 aromatic rings. The molecule has 1 aromatic heterocycles. The van der Waals surface area contributed by atoms with Crippen LogP contribution < -0.4 is 14.3 Å². The average molecular weight is 403 g/mol. The van der Waals surface area contributed by atoms with Crippen LogP contribution in [0.1, 0.15) is 5.56 Å². The molecule has 2 aromatic carbocycles. The lowest BCUT2D eigenvalue weighted by Crippen LogP contribution is -2.18. The zero-order chi connectivity index (χ0) is 19.2. The summed E-state index contributed by atoms with van der Waals surface area (Å²) >= 11 is 3.30. The standard InChI is InChI=1S/C20H22N2O3S2/c1-24-15-6-4-14(5-7-15)12-19(23)21-20-22(10-11-26-3)17-13-16(25-2)8-9-18(17)27-20/h4-9,13H,10-12H2,1-3H3. The largest absolute Gasteiger partial charge is 0.497 e. The Morgan fingerprint density at radius 3 is 2.48 bits per heavy atom. The summed E-state index contributed by atoms with van der Waals surface area (Å²) in [4.78, 5) is 17.7. The van der Waals surface area contributed by atoms with E-state index in [1.807, 2.05) is 42.5 Å². The van der Waals surface area contributed by atoms with E-state index in [1.165, 1.54) is 11.3 Å². The molecular weight excluding hydrogens is 380 g/mol. The number of fused-ring (bicyclic) bond motifs is 1. The minimum Gasteiger partial charge on any atom is -0.497 e. The van der Waals surface area contributed by atoms with Crippen molar-refractivity contribution in [3.8, 4) is 11.5 Å². The van der Waals surface area contributed by atoms with Gasteiger partial charge < -0.3 is 14.0 Å². The number of thiazole rings is 1. The Morgan fingerprint density at radius 2 is 1.81 bits per heavy atom. The van der Waals surface area contributed by atoms with Crippen LogP contribution in [-0.2, 0) is 17.8 Å². The van der Waals surface area contributed by atoms with Gasteiger partial charge in [-0.15, -0.1) is 0 Å². The van der Waals surface area contributed by atoms with E-state index in [4.69, 9.17) is 9.47 Å². The first-order chi connectivity index (χ1) is 13.1. The second-order valence-electron chi connectivity index (χ2n) is 5.89. The van der Waals surface area contributed by atoms with E-state index in [-0.39, 0.29) is 12.3 Å². The van der Waals surface area contributed by atoms with E-state index in [0.717, 1.165) is 44.4 Å². The maximum Gasteiger partial charge on any atom is 0.252 e. The third-order valence-corrected chi connectivity index (χ3v) is 5.79. The first-order valence-corrected chi connectivity index (χ1v) is 10.7. The first-order valence-electron chi connectivity index (χ1n) is 8.51. The Hall–Kier alpha value is -2.25. The van der Waals surface area contributed by atoms with Gasteiger partial charge in [0.05, 0.1) is 30.9 Å². The number of benzene rings is 2. The Morgan fingerprint density at radius 1 is 1.11 bits per heavy atom. The van der Waals surface area contributed by atoms with Gasteiger partial charge in [0.15, 0.2) is 4.80 Å². The SMILES string of the molecule is COc1ccc(CC(=O)N=c2sc3ccc(OC)cc3n2CCSC)cc1. The molecule has 0 aliphatic carbocycles. The van der Waals surface area contributed by atoms with Crippen LogP contribution in [0.5, 0.6) is 11.5 Å². The Bertz CT molecular complexity index is 991. The summed E-state index contributed by atoms with van der Waals surface area (Å²) in [5, 5.41) is 0. The van der Waals surface area contributed by atoms with Crippen molar-refractivity contribution in [2.75, 3.05) is 26.2 Å². The van der Waals surface area contributed by atoms with E-state index in [9.17, 15) is 4.79 Å². The van der Waals surface area contributed by atoms with Crippen LogP contribution in [0.2, 0.25) is 0 Å². The lowest BCUT2D eigenvalue weighted by molar-refractivity contribution is -0.117. The summed E-state index contributed by atoms with van der Waals surface area (Å²) in [5.74, 6) is 2.37. The fourth-order valence-corrected chi connectivity index (χ4v) is 4.14. The number of nitrogens with zero attached hydrogens (tertiary/aromatic N) is 2. The van der Waals surface area contributed by atoms with Gasteiger partial charge in [-0.05, 0) is 36.1 Å². The zero-order valence-corrected chi connectivity index (χ0v) is 17.2. The van der Waals surface area contributed by atoms with Crippen LogP contribution in [0.15, 0.2) is 47.5 Å². The van der Waals surface area contributed by atoms with E-state index in [2.05, 4.69) is 15.8 Å². The highest BCUT2D eigenvalue weighted by Crippen LogP contribution is 2.23. The fourth-order valence-electron chi connectivity index (χ4n) is 2.72. The van der Waals surface area contributed by atoms with Gasteiger partial charge in [-0.25, -0.2) is 0 Å². The molecule has 0 radical (unpaired) electrons. The lowest BCUT2D eigenvalue weighted by Gasteiger charge is -2.05. The van der Waals surface area contributed by atoms with Crippen LogP contribution in [0.25, 0.3) is 10.2 Å². The van der Waals surface area contributed by atoms with Crippen molar-refractivity contribution in [2.45, 2.75) is 13.0 Å². The van der Waals surface area contributed by atoms with Gasteiger partial charge in [-0.1, -0.05) is 23.5 Å². The van der Waals surface area contributed by atoms with Crippen molar-refractivity contribution in [1.82, 2.24) is 4.57 Å². The number of carbonyl (C=O) groups excluding carboxylic acids is 1. The summed E-state index contributed by atoms with van der Waals surface area (Å²) < 4.78 is 13.7. The lowest BCUT2D eigenvalue weighted by atomic mass is 10.1. The average Bonchev–Trinajstić information content (AvgIpc) is 3.02. The molecule has 1 amide bonds. The molecule has 0 bridgehead atoms. The smallest absolute Gasteiger partial charge is 0.252 e. The van der Waals surface area contributed by atoms with Gasteiger partial charge >= 0.3 is 0 Å². The van der Waals surface area contributed by atoms with Gasteiger partial charge in [0.25, 0.3) is 5.91 Å². The highest BCUT2D eigenvalue weighted by Gasteiger charge is 2.10. The number of rotatable bonds is 7. The molecule has 142 valence electrons. The van der Waals surface area contributed by atoms with E-state index < -0.39 is 0 Å². The van der Waals surface area contributed by atoms with E-state index in [0.29, 0.717) is 0 Å². The number of aromatic nitrogens is 1. The maximum atomic E-state index is 12.5. The fraction of sp³-hybridized carbons (Fsp3) is 0.300. The van der Waals surface area contributed by atoms with Crippen LogP contribution >= 0.6 is 23.1 Å². The molecule has 0 saturated carbocycles. The number of amides is 1. The highest BCUT2D eigenvalue weighted by molar-refractivity contribution is 7.98. The Kier molecular flexibility index (Phi) is 6.58. The molecule has 1 heterocycles. The molecule has 0 atom stereocenters. The third-order valence-electron chi connectivity index (χ3n) is 4.14.